The molecule has 13 heavy (non-hydrogen) atoms. The lowest BCUT2D eigenvalue weighted by Crippen LogP contribution is -2.25. The summed E-state index contributed by atoms with van der Waals surface area (Å²) < 4.78 is 0. The number of benzene rings is 1. The smallest absolute Gasteiger partial charge is 0.142 e. The van der Waals surface area contributed by atoms with Gasteiger partial charge in [-0.2, -0.15) is 0 Å². The molecule has 0 unspecified atom stereocenters. The summed E-state index contributed by atoms with van der Waals surface area (Å²) in [5.74, 6) is 6.35. The van der Waals surface area contributed by atoms with Crippen LogP contribution in [0.1, 0.15) is 0 Å². The van der Waals surface area contributed by atoms with Crippen molar-refractivity contribution >= 4 is 16.7 Å². The Morgan fingerprint density at radius 2 is 1.92 bits per heavy atom. The Balaban J connectivity index is 2.62. The Morgan fingerprint density at radius 1 is 1.15 bits per heavy atom. The summed E-state index contributed by atoms with van der Waals surface area (Å²) in [5.41, 5.74) is 0.970. The van der Waals surface area contributed by atoms with Gasteiger partial charge in [0.25, 0.3) is 0 Å². The van der Waals surface area contributed by atoms with Gasteiger partial charge < -0.3 is 0 Å². The van der Waals surface area contributed by atoms with Crippen LogP contribution in [0, 0.1) is 0 Å². The Bertz CT molecular complexity index is 423. The van der Waals surface area contributed by atoms with Crippen LogP contribution in [-0.4, -0.2) is 12.0 Å². The van der Waals surface area contributed by atoms with Gasteiger partial charge in [-0.1, -0.05) is 18.2 Å². The van der Waals surface area contributed by atoms with Gasteiger partial charge >= 0.3 is 0 Å². The van der Waals surface area contributed by atoms with E-state index in [0.29, 0.717) is 0 Å². The number of pyridine rings is 1. The summed E-state index contributed by atoms with van der Waals surface area (Å²) in [5, 5.41) is 2.64. The van der Waals surface area contributed by atoms with Crippen LogP contribution in [0.4, 0.5) is 5.82 Å². The molecule has 0 atom stereocenters. The fourth-order valence-electron chi connectivity index (χ4n) is 1.25. The molecule has 2 rings (SSSR count). The standard InChI is InChI=1S/C10H11N3/c1-13(11)10-7-6-8-4-2-3-5-9(8)12-10/h2-7H,11H2,1H3. The molecule has 0 spiro atoms. The third kappa shape index (κ3) is 1.46. The first-order chi connectivity index (χ1) is 6.27. The van der Waals surface area contributed by atoms with Crippen LogP contribution in [0.25, 0.3) is 10.9 Å². The van der Waals surface area contributed by atoms with E-state index in [1.807, 2.05) is 36.4 Å². The van der Waals surface area contributed by atoms with E-state index < -0.39 is 0 Å². The van der Waals surface area contributed by atoms with Crippen LogP contribution in [-0.2, 0) is 0 Å². The van der Waals surface area contributed by atoms with Crippen molar-refractivity contribution in [1.82, 2.24) is 4.98 Å². The molecule has 0 saturated heterocycles. The molecule has 1 heterocycles. The molecular formula is C10H11N3. The van der Waals surface area contributed by atoms with Crippen LogP contribution in [0.5, 0.6) is 0 Å². The van der Waals surface area contributed by atoms with E-state index in [9.17, 15) is 0 Å². The molecule has 1 aromatic carbocycles. The molecular weight excluding hydrogens is 162 g/mol. The molecule has 0 saturated carbocycles. The molecule has 0 aliphatic carbocycles. The monoisotopic (exact) mass is 173 g/mol. The summed E-state index contributed by atoms with van der Waals surface area (Å²) in [4.78, 5) is 4.38. The molecule has 66 valence electrons. The highest BCUT2D eigenvalue weighted by atomic mass is 15.4. The lowest BCUT2D eigenvalue weighted by molar-refractivity contribution is 0.986. The van der Waals surface area contributed by atoms with E-state index in [2.05, 4.69) is 4.98 Å². The Kier molecular flexibility index (Phi) is 1.87. The van der Waals surface area contributed by atoms with Crippen molar-refractivity contribution in [2.75, 3.05) is 12.1 Å². The van der Waals surface area contributed by atoms with Gasteiger partial charge in [-0.25, -0.2) is 10.8 Å². The Labute approximate surface area is 76.8 Å². The van der Waals surface area contributed by atoms with Crippen molar-refractivity contribution in [3.05, 3.63) is 36.4 Å². The molecule has 1 aromatic heterocycles. The average molecular weight is 173 g/mol. The summed E-state index contributed by atoms with van der Waals surface area (Å²) in [6.07, 6.45) is 0. The zero-order valence-corrected chi connectivity index (χ0v) is 7.44. The van der Waals surface area contributed by atoms with Crippen molar-refractivity contribution in [3.8, 4) is 0 Å². The van der Waals surface area contributed by atoms with Gasteiger partial charge in [0.05, 0.1) is 5.52 Å². The van der Waals surface area contributed by atoms with Crippen molar-refractivity contribution in [3.63, 3.8) is 0 Å². The van der Waals surface area contributed by atoms with Gasteiger partial charge in [-0.3, -0.25) is 5.01 Å². The van der Waals surface area contributed by atoms with Crippen LogP contribution in [0.15, 0.2) is 36.4 Å². The Morgan fingerprint density at radius 3 is 2.69 bits per heavy atom. The van der Waals surface area contributed by atoms with Gasteiger partial charge in [0.1, 0.15) is 5.82 Å². The summed E-state index contributed by atoms with van der Waals surface area (Å²) in [7, 11) is 1.77. The van der Waals surface area contributed by atoms with E-state index in [0.717, 1.165) is 16.7 Å². The van der Waals surface area contributed by atoms with Crippen molar-refractivity contribution in [2.24, 2.45) is 5.84 Å². The van der Waals surface area contributed by atoms with E-state index in [4.69, 9.17) is 5.84 Å². The average Bonchev–Trinajstić information content (AvgIpc) is 2.17. The number of hydrogen-bond acceptors (Lipinski definition) is 3. The van der Waals surface area contributed by atoms with Crippen LogP contribution in [0.3, 0.4) is 0 Å². The Hall–Kier alpha value is -1.61. The van der Waals surface area contributed by atoms with Gasteiger partial charge in [0.15, 0.2) is 0 Å². The minimum Gasteiger partial charge on any atom is -0.298 e. The van der Waals surface area contributed by atoms with Crippen molar-refractivity contribution in [1.29, 1.82) is 0 Å². The number of nitrogens with two attached hydrogens (primary N) is 1. The first-order valence-electron chi connectivity index (χ1n) is 4.11. The topological polar surface area (TPSA) is 42.1 Å². The van der Waals surface area contributed by atoms with Crippen molar-refractivity contribution in [2.45, 2.75) is 0 Å². The van der Waals surface area contributed by atoms with Gasteiger partial charge in [-0.15, -0.1) is 0 Å². The van der Waals surface area contributed by atoms with E-state index in [1.165, 1.54) is 5.01 Å². The first kappa shape index (κ1) is 8.01. The molecule has 2 N–H and O–H groups in total. The number of anilines is 1. The fourth-order valence-corrected chi connectivity index (χ4v) is 1.25. The highest BCUT2D eigenvalue weighted by Gasteiger charge is 1.98. The van der Waals surface area contributed by atoms with Gasteiger partial charge in [0, 0.05) is 12.4 Å². The van der Waals surface area contributed by atoms with Gasteiger partial charge in [-0.05, 0) is 18.2 Å². The van der Waals surface area contributed by atoms with E-state index in [1.54, 1.807) is 7.05 Å². The third-order valence-corrected chi connectivity index (χ3v) is 1.95. The second-order valence-corrected chi connectivity index (χ2v) is 2.97. The maximum Gasteiger partial charge on any atom is 0.142 e. The van der Waals surface area contributed by atoms with Crippen LogP contribution < -0.4 is 10.9 Å². The van der Waals surface area contributed by atoms with E-state index in [-0.39, 0.29) is 0 Å². The SMILES string of the molecule is CN(N)c1ccc2ccccc2n1. The summed E-state index contributed by atoms with van der Waals surface area (Å²) in [6.45, 7) is 0. The molecule has 0 fully saturated rings. The number of aromatic nitrogens is 1. The highest BCUT2D eigenvalue weighted by molar-refractivity contribution is 5.80. The largest absolute Gasteiger partial charge is 0.298 e. The molecule has 0 radical (unpaired) electrons. The normalized spacial score (nSPS) is 10.3. The predicted molar refractivity (Wildman–Crippen MR) is 54.3 cm³/mol. The predicted octanol–water partition coefficient (Wildman–Crippen LogP) is 1.54. The summed E-state index contributed by atoms with van der Waals surface area (Å²) >= 11 is 0. The number of nitrogens with zero attached hydrogens (tertiary/aromatic N) is 2. The van der Waals surface area contributed by atoms with Crippen LogP contribution >= 0.6 is 0 Å². The minimum absolute atomic E-state index is 0.777. The third-order valence-electron chi connectivity index (χ3n) is 1.95. The van der Waals surface area contributed by atoms with Crippen molar-refractivity contribution < 1.29 is 0 Å². The number of hydrogen-bond donors (Lipinski definition) is 1. The zero-order valence-electron chi connectivity index (χ0n) is 7.44. The molecule has 0 aliphatic rings. The lowest BCUT2D eigenvalue weighted by atomic mass is 10.2. The maximum absolute atomic E-state index is 5.58. The highest BCUT2D eigenvalue weighted by Crippen LogP contribution is 2.14. The number of hydrazine groups is 1. The number of para-hydroxylation sites is 1. The van der Waals surface area contributed by atoms with Crippen LogP contribution in [0.2, 0.25) is 0 Å². The zero-order chi connectivity index (χ0) is 9.26. The molecule has 0 amide bonds. The van der Waals surface area contributed by atoms with Gasteiger partial charge in [0.2, 0.25) is 0 Å². The number of rotatable bonds is 1. The van der Waals surface area contributed by atoms with E-state index >= 15 is 0 Å². The molecule has 3 heteroatoms. The maximum atomic E-state index is 5.58. The molecule has 0 bridgehead atoms. The number of fused-ring (bicyclic) bond motifs is 1. The minimum atomic E-state index is 0.777. The summed E-state index contributed by atoms with van der Waals surface area (Å²) in [6, 6.07) is 11.9. The fraction of sp³-hybridized carbons (Fsp3) is 0.100. The second-order valence-electron chi connectivity index (χ2n) is 2.97. The molecule has 2 aromatic rings. The molecule has 3 nitrogen and oxygen atoms in total. The quantitative estimate of drug-likeness (QED) is 0.525. The lowest BCUT2D eigenvalue weighted by Gasteiger charge is -2.10. The molecule has 0 aliphatic heterocycles. The second kappa shape index (κ2) is 3.03. The first-order valence-corrected chi connectivity index (χ1v) is 4.11.